The highest BCUT2D eigenvalue weighted by Crippen LogP contribution is 2.42. The Bertz CT molecular complexity index is 92.7. The predicted octanol–water partition coefficient (Wildman–Crippen LogP) is 2.69. The first kappa shape index (κ1) is 7.54. The summed E-state index contributed by atoms with van der Waals surface area (Å²) in [5.41, 5.74) is 0.600. The van der Waals surface area contributed by atoms with E-state index in [0.717, 1.165) is 5.92 Å². The summed E-state index contributed by atoms with van der Waals surface area (Å²) in [4.78, 5) is 0. The average Bonchev–Trinajstić information content (AvgIpc) is 1.60. The van der Waals surface area contributed by atoms with Crippen molar-refractivity contribution in [1.82, 2.24) is 0 Å². The van der Waals surface area contributed by atoms with Crippen LogP contribution in [0.15, 0.2) is 0 Å². The molecule has 1 fully saturated rings. The summed E-state index contributed by atoms with van der Waals surface area (Å²) in [7, 11) is 2.86. The van der Waals surface area contributed by atoms with Gasteiger partial charge in [0.1, 0.15) is 0 Å². The van der Waals surface area contributed by atoms with E-state index in [4.69, 9.17) is 0 Å². The van der Waals surface area contributed by atoms with Crippen LogP contribution in [0.1, 0.15) is 33.1 Å². The summed E-state index contributed by atoms with van der Waals surface area (Å²) in [5.74, 6) is 1.02. The van der Waals surface area contributed by atoms with Gasteiger partial charge in [0.05, 0.1) is 0 Å². The first-order chi connectivity index (χ1) is 4.17. The Morgan fingerprint density at radius 3 is 2.11 bits per heavy atom. The van der Waals surface area contributed by atoms with E-state index in [-0.39, 0.29) is 0 Å². The summed E-state index contributed by atoms with van der Waals surface area (Å²) >= 11 is 0. The van der Waals surface area contributed by atoms with Crippen molar-refractivity contribution in [3.05, 3.63) is 0 Å². The van der Waals surface area contributed by atoms with Gasteiger partial charge in [-0.25, -0.2) is 0 Å². The topological polar surface area (TPSA) is 0 Å². The maximum atomic E-state index is 2.86. The van der Waals surface area contributed by atoms with E-state index in [1.807, 2.05) is 0 Å². The Morgan fingerprint density at radius 2 is 2.00 bits per heavy atom. The molecule has 0 saturated heterocycles. The van der Waals surface area contributed by atoms with Gasteiger partial charge in [0, 0.05) is 0 Å². The van der Waals surface area contributed by atoms with E-state index in [1.165, 1.54) is 25.4 Å². The monoisotopic (exact) mass is 144 g/mol. The van der Waals surface area contributed by atoms with Gasteiger partial charge in [-0.05, 0) is 30.3 Å². The van der Waals surface area contributed by atoms with E-state index in [2.05, 4.69) is 23.1 Å². The standard InChI is InChI=1S/C8H17P/c1-8(2,6-9)7-4-3-5-7/h7H,3-6,9H2,1-2H3. The molecular weight excluding hydrogens is 127 g/mol. The molecule has 0 nitrogen and oxygen atoms in total. The van der Waals surface area contributed by atoms with Crippen LogP contribution >= 0.6 is 9.24 Å². The molecule has 1 unspecified atom stereocenters. The second-order valence-electron chi connectivity index (χ2n) is 3.82. The molecule has 1 saturated carbocycles. The van der Waals surface area contributed by atoms with Crippen LogP contribution in [0.3, 0.4) is 0 Å². The Morgan fingerprint density at radius 1 is 1.44 bits per heavy atom. The zero-order chi connectivity index (χ0) is 6.91. The lowest BCUT2D eigenvalue weighted by molar-refractivity contribution is 0.145. The molecule has 0 radical (unpaired) electrons. The molecule has 0 N–H and O–H groups in total. The van der Waals surface area contributed by atoms with Crippen LogP contribution in [0, 0.1) is 11.3 Å². The van der Waals surface area contributed by atoms with Crippen LogP contribution in [0.4, 0.5) is 0 Å². The fourth-order valence-corrected chi connectivity index (χ4v) is 1.69. The molecule has 9 heavy (non-hydrogen) atoms. The normalized spacial score (nSPS) is 21.7. The summed E-state index contributed by atoms with van der Waals surface area (Å²) in [6.45, 7) is 4.76. The molecule has 0 aromatic carbocycles. The second-order valence-corrected chi connectivity index (χ2v) is 4.23. The average molecular weight is 144 g/mol. The highest BCUT2D eigenvalue weighted by molar-refractivity contribution is 7.16. The smallest absolute Gasteiger partial charge is 0.0291 e. The van der Waals surface area contributed by atoms with Gasteiger partial charge in [-0.15, -0.1) is 9.24 Å². The Balaban J connectivity index is 2.37. The first-order valence-electron chi connectivity index (χ1n) is 3.87. The van der Waals surface area contributed by atoms with Crippen molar-refractivity contribution in [3.63, 3.8) is 0 Å². The molecule has 0 aliphatic heterocycles. The fraction of sp³-hybridized carbons (Fsp3) is 1.00. The molecule has 54 valence electrons. The molecule has 0 spiro atoms. The summed E-state index contributed by atoms with van der Waals surface area (Å²) < 4.78 is 0. The van der Waals surface area contributed by atoms with Gasteiger partial charge in [0.2, 0.25) is 0 Å². The summed E-state index contributed by atoms with van der Waals surface area (Å²) in [6, 6.07) is 0. The van der Waals surface area contributed by atoms with Crippen molar-refractivity contribution >= 4 is 9.24 Å². The molecule has 0 amide bonds. The van der Waals surface area contributed by atoms with Crippen LogP contribution in [0.5, 0.6) is 0 Å². The van der Waals surface area contributed by atoms with Gasteiger partial charge >= 0.3 is 0 Å². The lowest BCUT2D eigenvalue weighted by atomic mass is 9.68. The van der Waals surface area contributed by atoms with Crippen molar-refractivity contribution in [3.8, 4) is 0 Å². The van der Waals surface area contributed by atoms with Crippen molar-refractivity contribution in [1.29, 1.82) is 0 Å². The van der Waals surface area contributed by atoms with Crippen molar-refractivity contribution < 1.29 is 0 Å². The maximum Gasteiger partial charge on any atom is -0.0291 e. The van der Waals surface area contributed by atoms with Gasteiger partial charge in [-0.3, -0.25) is 0 Å². The maximum absolute atomic E-state index is 2.86. The van der Waals surface area contributed by atoms with Crippen molar-refractivity contribution in [2.45, 2.75) is 33.1 Å². The fourth-order valence-electron chi connectivity index (χ4n) is 1.36. The zero-order valence-corrected chi connectivity index (χ0v) is 7.64. The van der Waals surface area contributed by atoms with Gasteiger partial charge in [-0.2, -0.15) is 0 Å². The molecule has 0 heterocycles. The van der Waals surface area contributed by atoms with Crippen LogP contribution in [-0.4, -0.2) is 6.16 Å². The van der Waals surface area contributed by atoms with Crippen LogP contribution in [0.25, 0.3) is 0 Å². The molecule has 0 aromatic heterocycles. The molecule has 1 atom stereocenters. The second kappa shape index (κ2) is 2.58. The minimum absolute atomic E-state index is 0.600. The van der Waals surface area contributed by atoms with Gasteiger partial charge in [0.15, 0.2) is 0 Å². The molecule has 0 bridgehead atoms. The third kappa shape index (κ3) is 1.46. The Kier molecular flexibility index (Phi) is 2.16. The lowest BCUT2D eigenvalue weighted by Gasteiger charge is -2.39. The Labute approximate surface area is 60.6 Å². The number of hydrogen-bond donors (Lipinski definition) is 0. The van der Waals surface area contributed by atoms with Crippen molar-refractivity contribution in [2.24, 2.45) is 11.3 Å². The van der Waals surface area contributed by atoms with Gasteiger partial charge in [0.25, 0.3) is 0 Å². The third-order valence-corrected chi connectivity index (χ3v) is 3.79. The van der Waals surface area contributed by atoms with E-state index in [1.54, 1.807) is 0 Å². The minimum atomic E-state index is 0.600. The predicted molar refractivity (Wildman–Crippen MR) is 45.7 cm³/mol. The molecule has 1 aliphatic carbocycles. The van der Waals surface area contributed by atoms with E-state index >= 15 is 0 Å². The molecule has 1 aliphatic rings. The Hall–Kier alpha value is 0.430. The quantitative estimate of drug-likeness (QED) is 0.523. The summed E-state index contributed by atoms with van der Waals surface area (Å²) in [5, 5.41) is 0. The third-order valence-electron chi connectivity index (χ3n) is 2.74. The summed E-state index contributed by atoms with van der Waals surface area (Å²) in [6.07, 6.45) is 5.68. The van der Waals surface area contributed by atoms with Crippen LogP contribution < -0.4 is 0 Å². The molecule has 1 heteroatoms. The van der Waals surface area contributed by atoms with Gasteiger partial charge < -0.3 is 0 Å². The zero-order valence-electron chi connectivity index (χ0n) is 6.48. The minimum Gasteiger partial charge on any atom is -0.137 e. The number of hydrogen-bond acceptors (Lipinski definition) is 0. The lowest BCUT2D eigenvalue weighted by Crippen LogP contribution is -2.30. The number of rotatable bonds is 2. The largest absolute Gasteiger partial charge is 0.137 e. The van der Waals surface area contributed by atoms with Crippen LogP contribution in [0.2, 0.25) is 0 Å². The molecule has 0 aromatic rings. The highest BCUT2D eigenvalue weighted by atomic mass is 31.0. The van der Waals surface area contributed by atoms with E-state index in [9.17, 15) is 0 Å². The molecular formula is C8H17P. The van der Waals surface area contributed by atoms with Gasteiger partial charge in [-0.1, -0.05) is 20.3 Å². The van der Waals surface area contributed by atoms with E-state index in [0.29, 0.717) is 5.41 Å². The molecule has 1 rings (SSSR count). The highest BCUT2D eigenvalue weighted by Gasteiger charge is 2.31. The van der Waals surface area contributed by atoms with Crippen molar-refractivity contribution in [2.75, 3.05) is 6.16 Å². The SMILES string of the molecule is CC(C)(CP)C1CCC1. The first-order valence-corrected chi connectivity index (χ1v) is 4.68. The van der Waals surface area contributed by atoms with E-state index < -0.39 is 0 Å². The van der Waals surface area contributed by atoms with Crippen LogP contribution in [-0.2, 0) is 0 Å².